The average molecular weight is 451 g/mol. The standard InChI is InChI=1S/C26H30N2O5/c1-3-33-21-10-8-19(9-11-21)23-22(24(29)20-6-4-18(2)5-7-20)25(30)26(31)28(23)13-12-27-14-16-32-17-15-27/h4-11,23,29H,3,12-17H2,1-2H3/b24-22-. The molecule has 2 heterocycles. The molecule has 0 aromatic heterocycles. The SMILES string of the molecule is CCOc1ccc(C2/C(=C(/O)c3ccc(C)cc3)C(=O)C(=O)N2CCN2CCOCC2)cc1. The van der Waals surface area contributed by atoms with E-state index in [4.69, 9.17) is 9.47 Å². The van der Waals surface area contributed by atoms with Gasteiger partial charge in [0, 0.05) is 31.7 Å². The fourth-order valence-corrected chi connectivity index (χ4v) is 4.31. The monoisotopic (exact) mass is 450 g/mol. The summed E-state index contributed by atoms with van der Waals surface area (Å²) in [6.45, 7) is 8.34. The second kappa shape index (κ2) is 10.2. The summed E-state index contributed by atoms with van der Waals surface area (Å²) in [5, 5.41) is 11.1. The number of aliphatic hydroxyl groups is 1. The van der Waals surface area contributed by atoms with Gasteiger partial charge in [0.15, 0.2) is 0 Å². The highest BCUT2D eigenvalue weighted by molar-refractivity contribution is 6.46. The first-order valence-corrected chi connectivity index (χ1v) is 11.4. The van der Waals surface area contributed by atoms with Gasteiger partial charge in [-0.05, 0) is 31.5 Å². The molecule has 2 aliphatic heterocycles. The van der Waals surface area contributed by atoms with Crippen LogP contribution in [-0.2, 0) is 14.3 Å². The third-order valence-electron chi connectivity index (χ3n) is 6.13. The van der Waals surface area contributed by atoms with Gasteiger partial charge in [-0.2, -0.15) is 0 Å². The summed E-state index contributed by atoms with van der Waals surface area (Å²) in [7, 11) is 0. The van der Waals surface area contributed by atoms with E-state index in [-0.39, 0.29) is 11.3 Å². The van der Waals surface area contributed by atoms with Crippen LogP contribution < -0.4 is 4.74 Å². The van der Waals surface area contributed by atoms with E-state index in [0.29, 0.717) is 44.2 Å². The number of carbonyl (C=O) groups excluding carboxylic acids is 2. The number of aliphatic hydroxyl groups excluding tert-OH is 1. The lowest BCUT2D eigenvalue weighted by Gasteiger charge is -2.31. The van der Waals surface area contributed by atoms with Crippen LogP contribution in [0, 0.1) is 6.92 Å². The molecule has 0 bridgehead atoms. The fourth-order valence-electron chi connectivity index (χ4n) is 4.31. The molecule has 2 aromatic rings. The number of benzene rings is 2. The van der Waals surface area contributed by atoms with Crippen LogP contribution in [-0.4, -0.2) is 72.6 Å². The number of ether oxygens (including phenoxy) is 2. The van der Waals surface area contributed by atoms with Crippen LogP contribution >= 0.6 is 0 Å². The van der Waals surface area contributed by atoms with Crippen molar-refractivity contribution < 1.29 is 24.2 Å². The summed E-state index contributed by atoms with van der Waals surface area (Å²) >= 11 is 0. The minimum Gasteiger partial charge on any atom is -0.507 e. The van der Waals surface area contributed by atoms with Crippen molar-refractivity contribution in [2.75, 3.05) is 46.0 Å². The average Bonchev–Trinajstić information content (AvgIpc) is 3.09. The van der Waals surface area contributed by atoms with Crippen molar-refractivity contribution in [2.24, 2.45) is 0 Å². The third-order valence-corrected chi connectivity index (χ3v) is 6.13. The normalized spacial score (nSPS) is 20.9. The lowest BCUT2D eigenvalue weighted by molar-refractivity contribution is -0.140. The van der Waals surface area contributed by atoms with Crippen molar-refractivity contribution in [3.8, 4) is 5.75 Å². The van der Waals surface area contributed by atoms with Gasteiger partial charge in [0.1, 0.15) is 11.5 Å². The van der Waals surface area contributed by atoms with Crippen LogP contribution in [0.2, 0.25) is 0 Å². The van der Waals surface area contributed by atoms with E-state index in [1.165, 1.54) is 0 Å². The summed E-state index contributed by atoms with van der Waals surface area (Å²) in [4.78, 5) is 30.0. The van der Waals surface area contributed by atoms with E-state index in [1.807, 2.05) is 50.2 Å². The van der Waals surface area contributed by atoms with Gasteiger partial charge in [0.2, 0.25) is 0 Å². The van der Waals surface area contributed by atoms with Gasteiger partial charge in [0.25, 0.3) is 11.7 Å². The van der Waals surface area contributed by atoms with Crippen molar-refractivity contribution in [1.82, 2.24) is 9.80 Å². The molecular formula is C26H30N2O5. The minimum absolute atomic E-state index is 0.120. The molecule has 0 saturated carbocycles. The van der Waals surface area contributed by atoms with Gasteiger partial charge in [-0.3, -0.25) is 14.5 Å². The Morgan fingerprint density at radius 2 is 1.70 bits per heavy atom. The first kappa shape index (κ1) is 23.0. The Morgan fingerprint density at radius 1 is 1.03 bits per heavy atom. The van der Waals surface area contributed by atoms with Gasteiger partial charge in [-0.1, -0.05) is 42.0 Å². The van der Waals surface area contributed by atoms with Crippen LogP contribution in [0.25, 0.3) is 5.76 Å². The second-order valence-electron chi connectivity index (χ2n) is 8.31. The predicted octanol–water partition coefficient (Wildman–Crippen LogP) is 3.15. The zero-order chi connectivity index (χ0) is 23.4. The van der Waals surface area contributed by atoms with Crippen LogP contribution in [0.3, 0.4) is 0 Å². The third kappa shape index (κ3) is 4.94. The maximum atomic E-state index is 13.1. The molecule has 2 aliphatic rings. The molecule has 174 valence electrons. The van der Waals surface area contributed by atoms with Crippen LogP contribution in [0.5, 0.6) is 5.75 Å². The van der Waals surface area contributed by atoms with Crippen LogP contribution in [0.4, 0.5) is 0 Å². The zero-order valence-corrected chi connectivity index (χ0v) is 19.1. The Balaban J connectivity index is 1.71. The van der Waals surface area contributed by atoms with Crippen LogP contribution in [0.15, 0.2) is 54.1 Å². The minimum atomic E-state index is -0.664. The van der Waals surface area contributed by atoms with E-state index >= 15 is 0 Å². The van der Waals surface area contributed by atoms with Gasteiger partial charge >= 0.3 is 0 Å². The Labute approximate surface area is 194 Å². The van der Waals surface area contributed by atoms with E-state index in [2.05, 4.69) is 4.90 Å². The molecule has 0 radical (unpaired) electrons. The van der Waals surface area contributed by atoms with E-state index in [1.54, 1.807) is 17.0 Å². The number of rotatable bonds is 7. The van der Waals surface area contributed by atoms with E-state index in [0.717, 1.165) is 24.2 Å². The van der Waals surface area contributed by atoms with Gasteiger partial charge in [-0.25, -0.2) is 0 Å². The summed E-state index contributed by atoms with van der Waals surface area (Å²) in [5.74, 6) is -0.684. The highest BCUT2D eigenvalue weighted by Crippen LogP contribution is 2.39. The highest BCUT2D eigenvalue weighted by Gasteiger charge is 2.46. The number of aryl methyl sites for hydroxylation is 1. The molecule has 33 heavy (non-hydrogen) atoms. The largest absolute Gasteiger partial charge is 0.507 e. The first-order chi connectivity index (χ1) is 16.0. The number of hydrogen-bond donors (Lipinski definition) is 1. The highest BCUT2D eigenvalue weighted by atomic mass is 16.5. The molecule has 7 heteroatoms. The molecule has 2 fully saturated rings. The Hall–Kier alpha value is -3.16. The molecule has 2 aromatic carbocycles. The molecule has 2 saturated heterocycles. The van der Waals surface area contributed by atoms with Crippen molar-refractivity contribution in [3.63, 3.8) is 0 Å². The van der Waals surface area contributed by atoms with E-state index < -0.39 is 17.7 Å². The summed E-state index contributed by atoms with van der Waals surface area (Å²) in [5.41, 5.74) is 2.44. The fraction of sp³-hybridized carbons (Fsp3) is 0.385. The number of amides is 1. The van der Waals surface area contributed by atoms with Crippen molar-refractivity contribution >= 4 is 17.4 Å². The van der Waals surface area contributed by atoms with Gasteiger partial charge in [0.05, 0.1) is 31.4 Å². The summed E-state index contributed by atoms with van der Waals surface area (Å²) in [6.07, 6.45) is 0. The number of Topliss-reactive ketones (excluding diaryl/α,β-unsaturated/α-hetero) is 1. The molecule has 1 amide bonds. The van der Waals surface area contributed by atoms with E-state index in [9.17, 15) is 14.7 Å². The zero-order valence-electron chi connectivity index (χ0n) is 19.1. The summed E-state index contributed by atoms with van der Waals surface area (Å²) in [6, 6.07) is 14.0. The van der Waals surface area contributed by atoms with Crippen molar-refractivity contribution in [1.29, 1.82) is 0 Å². The molecule has 0 aliphatic carbocycles. The lowest BCUT2D eigenvalue weighted by atomic mass is 9.95. The number of morpholine rings is 1. The van der Waals surface area contributed by atoms with Crippen molar-refractivity contribution in [3.05, 3.63) is 70.8 Å². The number of ketones is 1. The van der Waals surface area contributed by atoms with Gasteiger partial charge in [-0.15, -0.1) is 0 Å². The van der Waals surface area contributed by atoms with Crippen LogP contribution in [0.1, 0.15) is 29.7 Å². The Morgan fingerprint density at radius 3 is 2.33 bits per heavy atom. The molecule has 1 N–H and O–H groups in total. The smallest absolute Gasteiger partial charge is 0.295 e. The first-order valence-electron chi connectivity index (χ1n) is 11.4. The number of nitrogens with zero attached hydrogens (tertiary/aromatic N) is 2. The molecule has 0 spiro atoms. The van der Waals surface area contributed by atoms with Crippen molar-refractivity contribution in [2.45, 2.75) is 19.9 Å². The number of likely N-dealkylation sites (tertiary alicyclic amines) is 1. The second-order valence-corrected chi connectivity index (χ2v) is 8.31. The Kier molecular flexibility index (Phi) is 7.11. The number of hydrogen-bond acceptors (Lipinski definition) is 6. The maximum Gasteiger partial charge on any atom is 0.295 e. The number of carbonyl (C=O) groups is 2. The maximum absolute atomic E-state index is 13.1. The molecule has 4 rings (SSSR count). The predicted molar refractivity (Wildman–Crippen MR) is 125 cm³/mol. The Bertz CT molecular complexity index is 1020. The summed E-state index contributed by atoms with van der Waals surface area (Å²) < 4.78 is 11.0. The molecule has 7 nitrogen and oxygen atoms in total. The quantitative estimate of drug-likeness (QED) is 0.397. The molecule has 1 atom stereocenters. The van der Waals surface area contributed by atoms with Gasteiger partial charge < -0.3 is 19.5 Å². The molecular weight excluding hydrogens is 420 g/mol. The topological polar surface area (TPSA) is 79.3 Å². The lowest BCUT2D eigenvalue weighted by Crippen LogP contribution is -2.42. The molecule has 1 unspecified atom stereocenters.